The Bertz CT molecular complexity index is 1050. The number of nitrogen functional groups attached to an aromatic ring is 1. The Labute approximate surface area is 180 Å². The van der Waals surface area contributed by atoms with Gasteiger partial charge in [-0.15, -0.1) is 0 Å². The molecule has 2 amide bonds. The van der Waals surface area contributed by atoms with E-state index in [0.717, 1.165) is 29.7 Å². The van der Waals surface area contributed by atoms with E-state index in [2.05, 4.69) is 15.3 Å². The molecular weight excluding hydrogens is 430 g/mol. The Morgan fingerprint density at radius 3 is 2.71 bits per heavy atom. The van der Waals surface area contributed by atoms with E-state index in [-0.39, 0.29) is 58.3 Å². The minimum Gasteiger partial charge on any atom is -0.403 e. The quantitative estimate of drug-likeness (QED) is 0.477. The number of aliphatic imine (C=N–C) groups is 1. The van der Waals surface area contributed by atoms with Crippen molar-refractivity contribution in [3.05, 3.63) is 47.4 Å². The largest absolute Gasteiger partial charge is 0.403 e. The first-order valence-corrected chi connectivity index (χ1v) is 9.98. The molecule has 1 fully saturated rings. The number of carbonyl (C=O) groups is 2. The molecule has 2 heterocycles. The summed E-state index contributed by atoms with van der Waals surface area (Å²) in [5.74, 6) is -2.53. The lowest BCUT2D eigenvalue weighted by atomic mass is 10.2. The fraction of sp³-hybridized carbons (Fsp3) is 0.263. The fourth-order valence-electron chi connectivity index (χ4n) is 2.94. The first-order valence-electron chi connectivity index (χ1n) is 9.16. The van der Waals surface area contributed by atoms with Gasteiger partial charge in [-0.1, -0.05) is 17.4 Å². The molecule has 31 heavy (non-hydrogen) atoms. The van der Waals surface area contributed by atoms with Crippen LogP contribution in [-0.4, -0.2) is 54.3 Å². The number of nitrogens with one attached hydrogen (secondary N) is 1. The maximum Gasteiger partial charge on any atom is 0.277 e. The molecular formula is C19H20F2N6O3S. The maximum atomic E-state index is 14.1. The number of thiazole rings is 1. The number of hydrogen-bond donors (Lipinski definition) is 3. The van der Waals surface area contributed by atoms with E-state index in [0.29, 0.717) is 6.61 Å². The molecule has 0 spiro atoms. The molecule has 9 nitrogen and oxygen atoms in total. The van der Waals surface area contributed by atoms with Crippen molar-refractivity contribution in [2.24, 2.45) is 10.7 Å². The van der Waals surface area contributed by atoms with Crippen molar-refractivity contribution in [3.8, 4) is 10.6 Å². The van der Waals surface area contributed by atoms with Gasteiger partial charge in [-0.3, -0.25) is 19.5 Å². The highest BCUT2D eigenvalue weighted by Crippen LogP contribution is 2.33. The van der Waals surface area contributed by atoms with Crippen LogP contribution in [0.2, 0.25) is 0 Å². The monoisotopic (exact) mass is 450 g/mol. The number of amides is 2. The van der Waals surface area contributed by atoms with Gasteiger partial charge in [0.15, 0.2) is 11.5 Å². The van der Waals surface area contributed by atoms with Crippen LogP contribution >= 0.6 is 11.3 Å². The summed E-state index contributed by atoms with van der Waals surface area (Å²) >= 11 is 0.768. The van der Waals surface area contributed by atoms with Crippen LogP contribution in [0.4, 0.5) is 13.8 Å². The van der Waals surface area contributed by atoms with Crippen molar-refractivity contribution in [1.29, 1.82) is 0 Å². The average molecular weight is 450 g/mol. The van der Waals surface area contributed by atoms with Crippen molar-refractivity contribution >= 4 is 34.0 Å². The molecule has 0 bridgehead atoms. The molecule has 1 aliphatic rings. The Morgan fingerprint density at radius 1 is 1.35 bits per heavy atom. The number of benzene rings is 1. The second kappa shape index (κ2) is 9.62. The molecule has 2 aromatic rings. The summed E-state index contributed by atoms with van der Waals surface area (Å²) in [6.07, 6.45) is 1.24. The molecule has 0 unspecified atom stereocenters. The molecule has 5 N–H and O–H groups in total. The SMILES string of the molecule is CN=C(/C(=C\N)NC(=O)c1nc(-c2c(F)cccc2F)sc1N)N1CCOCCC1=O. The van der Waals surface area contributed by atoms with Crippen LogP contribution in [0.25, 0.3) is 10.6 Å². The van der Waals surface area contributed by atoms with Gasteiger partial charge in [-0.25, -0.2) is 13.8 Å². The minimum atomic E-state index is -0.828. The van der Waals surface area contributed by atoms with Gasteiger partial charge in [0.1, 0.15) is 21.6 Å². The normalized spacial score (nSPS) is 15.7. The van der Waals surface area contributed by atoms with Gasteiger partial charge in [0, 0.05) is 13.2 Å². The number of carbonyl (C=O) groups excluding carboxylic acids is 2. The molecule has 0 atom stereocenters. The van der Waals surface area contributed by atoms with E-state index in [1.54, 1.807) is 0 Å². The Kier molecular flexibility index (Phi) is 6.92. The van der Waals surface area contributed by atoms with E-state index in [1.807, 2.05) is 0 Å². The van der Waals surface area contributed by atoms with Crippen molar-refractivity contribution in [2.75, 3.05) is 32.5 Å². The van der Waals surface area contributed by atoms with Crippen LogP contribution in [-0.2, 0) is 9.53 Å². The number of nitrogens with zero attached hydrogens (tertiary/aromatic N) is 3. The molecule has 3 rings (SSSR count). The van der Waals surface area contributed by atoms with Gasteiger partial charge in [0.25, 0.3) is 5.91 Å². The molecule has 0 aliphatic carbocycles. The van der Waals surface area contributed by atoms with Crippen LogP contribution in [0.5, 0.6) is 0 Å². The molecule has 1 aliphatic heterocycles. The smallest absolute Gasteiger partial charge is 0.277 e. The lowest BCUT2D eigenvalue weighted by molar-refractivity contribution is -0.126. The van der Waals surface area contributed by atoms with Gasteiger partial charge < -0.3 is 21.5 Å². The van der Waals surface area contributed by atoms with Crippen LogP contribution in [0, 0.1) is 11.6 Å². The Hall–Kier alpha value is -3.38. The lowest BCUT2D eigenvalue weighted by Gasteiger charge is -2.23. The number of aromatic nitrogens is 1. The summed E-state index contributed by atoms with van der Waals surface area (Å²) in [4.78, 5) is 34.6. The van der Waals surface area contributed by atoms with Crippen molar-refractivity contribution < 1.29 is 23.1 Å². The van der Waals surface area contributed by atoms with Crippen LogP contribution < -0.4 is 16.8 Å². The van der Waals surface area contributed by atoms with Crippen LogP contribution in [0.3, 0.4) is 0 Å². The highest BCUT2D eigenvalue weighted by Gasteiger charge is 2.27. The number of hydrogen-bond acceptors (Lipinski definition) is 8. The topological polar surface area (TPSA) is 136 Å². The zero-order valence-corrected chi connectivity index (χ0v) is 17.3. The molecule has 1 aromatic carbocycles. The number of amidine groups is 1. The van der Waals surface area contributed by atoms with Crippen molar-refractivity contribution in [2.45, 2.75) is 6.42 Å². The fourth-order valence-corrected chi connectivity index (χ4v) is 3.82. The van der Waals surface area contributed by atoms with Gasteiger partial charge >= 0.3 is 0 Å². The summed E-state index contributed by atoms with van der Waals surface area (Å²) in [5, 5.41) is 2.39. The Morgan fingerprint density at radius 2 is 2.06 bits per heavy atom. The number of rotatable bonds is 4. The molecule has 0 saturated carbocycles. The zero-order valence-electron chi connectivity index (χ0n) is 16.5. The molecule has 1 aromatic heterocycles. The van der Waals surface area contributed by atoms with Crippen molar-refractivity contribution in [3.63, 3.8) is 0 Å². The summed E-state index contributed by atoms with van der Waals surface area (Å²) in [6.45, 7) is 0.812. The standard InChI is InChI=1S/C19H20F2N6O3S/c1-24-17(27-6-8-30-7-5-13(27)28)12(9-22)25-18(29)15-16(23)31-19(26-15)14-10(20)3-2-4-11(14)21/h2-4,9H,5-8,22-23H2,1H3,(H,25,29)/b12-9+,24-17?. The minimum absolute atomic E-state index is 0.0410. The third-order valence-electron chi connectivity index (χ3n) is 4.39. The van der Waals surface area contributed by atoms with E-state index in [1.165, 1.54) is 18.0 Å². The first kappa shape index (κ1) is 22.3. The van der Waals surface area contributed by atoms with Gasteiger partial charge in [-0.2, -0.15) is 0 Å². The second-order valence-electron chi connectivity index (χ2n) is 6.32. The van der Waals surface area contributed by atoms with Crippen molar-refractivity contribution in [1.82, 2.24) is 15.2 Å². The third-order valence-corrected chi connectivity index (χ3v) is 5.29. The van der Waals surface area contributed by atoms with E-state index in [4.69, 9.17) is 16.2 Å². The Balaban J connectivity index is 1.86. The number of ether oxygens (including phenoxy) is 1. The van der Waals surface area contributed by atoms with Gasteiger partial charge in [-0.05, 0) is 12.1 Å². The molecule has 164 valence electrons. The van der Waals surface area contributed by atoms with Gasteiger partial charge in [0.2, 0.25) is 5.91 Å². The number of anilines is 1. The summed E-state index contributed by atoms with van der Waals surface area (Å²) in [6, 6.07) is 3.38. The third kappa shape index (κ3) is 4.70. The van der Waals surface area contributed by atoms with E-state index < -0.39 is 17.5 Å². The summed E-state index contributed by atoms with van der Waals surface area (Å²) in [5.41, 5.74) is 11.0. The zero-order chi connectivity index (χ0) is 22.5. The predicted octanol–water partition coefficient (Wildman–Crippen LogP) is 1.48. The maximum absolute atomic E-state index is 14.1. The number of halogens is 2. The molecule has 0 radical (unpaired) electrons. The van der Waals surface area contributed by atoms with Crippen LogP contribution in [0.15, 0.2) is 35.1 Å². The lowest BCUT2D eigenvalue weighted by Crippen LogP contribution is -2.43. The molecule has 1 saturated heterocycles. The first-order chi connectivity index (χ1) is 14.9. The highest BCUT2D eigenvalue weighted by atomic mass is 32.1. The predicted molar refractivity (Wildman–Crippen MR) is 112 cm³/mol. The highest BCUT2D eigenvalue weighted by molar-refractivity contribution is 7.19. The summed E-state index contributed by atoms with van der Waals surface area (Å²) in [7, 11) is 1.44. The van der Waals surface area contributed by atoms with E-state index in [9.17, 15) is 18.4 Å². The van der Waals surface area contributed by atoms with Crippen LogP contribution in [0.1, 0.15) is 16.9 Å². The average Bonchev–Trinajstić information content (AvgIpc) is 2.99. The second-order valence-corrected chi connectivity index (χ2v) is 7.35. The number of nitrogens with two attached hydrogens (primary N) is 2. The van der Waals surface area contributed by atoms with Gasteiger partial charge in [0.05, 0.1) is 37.4 Å². The molecule has 12 heteroatoms. The summed E-state index contributed by atoms with van der Waals surface area (Å²) < 4.78 is 33.4. The van der Waals surface area contributed by atoms with E-state index >= 15 is 0 Å².